The number of hydrogen-bond acceptors (Lipinski definition) is 4. The molecule has 1 aliphatic heterocycles. The summed E-state index contributed by atoms with van der Waals surface area (Å²) in [5.74, 6) is 0.604. The van der Waals surface area contributed by atoms with Crippen LogP contribution in [-0.2, 0) is 16.7 Å². The molecule has 1 aromatic heterocycles. The summed E-state index contributed by atoms with van der Waals surface area (Å²) < 4.78 is 7.02. The van der Waals surface area contributed by atoms with Crippen LogP contribution in [0.15, 0.2) is 6.07 Å². The molecular weight excluding hydrogens is 194 g/mol. The van der Waals surface area contributed by atoms with Crippen LogP contribution >= 0.6 is 0 Å². The van der Waals surface area contributed by atoms with Crippen molar-refractivity contribution < 1.29 is 9.84 Å². The average molecular weight is 211 g/mol. The van der Waals surface area contributed by atoms with Crippen molar-refractivity contribution in [2.24, 2.45) is 0 Å². The standard InChI is InChI=1S/C10H17N3O2/c1-10(2-5-15-7-10)8-6-9(11)13(12-8)3-4-14/h6,14H,2-5,7,11H2,1H3. The zero-order valence-corrected chi connectivity index (χ0v) is 8.94. The highest BCUT2D eigenvalue weighted by molar-refractivity contribution is 5.34. The van der Waals surface area contributed by atoms with Crippen LogP contribution in [0.2, 0.25) is 0 Å². The third-order valence-corrected chi connectivity index (χ3v) is 2.96. The third-order valence-electron chi connectivity index (χ3n) is 2.96. The Morgan fingerprint density at radius 3 is 3.13 bits per heavy atom. The van der Waals surface area contributed by atoms with Gasteiger partial charge in [0, 0.05) is 18.1 Å². The molecule has 0 radical (unpaired) electrons. The number of rotatable bonds is 3. The first-order valence-corrected chi connectivity index (χ1v) is 5.18. The van der Waals surface area contributed by atoms with Crippen molar-refractivity contribution in [1.29, 1.82) is 0 Å². The highest BCUT2D eigenvalue weighted by atomic mass is 16.5. The minimum Gasteiger partial charge on any atom is -0.394 e. The second-order valence-electron chi connectivity index (χ2n) is 4.26. The molecule has 2 rings (SSSR count). The molecule has 1 aromatic rings. The van der Waals surface area contributed by atoms with Gasteiger partial charge in [-0.25, -0.2) is 4.68 Å². The maximum absolute atomic E-state index is 8.84. The van der Waals surface area contributed by atoms with Gasteiger partial charge in [-0.15, -0.1) is 0 Å². The van der Waals surface area contributed by atoms with Crippen LogP contribution in [0.3, 0.4) is 0 Å². The van der Waals surface area contributed by atoms with E-state index in [2.05, 4.69) is 12.0 Å². The number of aliphatic hydroxyl groups excluding tert-OH is 1. The van der Waals surface area contributed by atoms with E-state index >= 15 is 0 Å². The van der Waals surface area contributed by atoms with E-state index in [9.17, 15) is 0 Å². The summed E-state index contributed by atoms with van der Waals surface area (Å²) in [6, 6.07) is 1.88. The second kappa shape index (κ2) is 3.83. The van der Waals surface area contributed by atoms with Gasteiger partial charge >= 0.3 is 0 Å². The molecule has 1 saturated heterocycles. The van der Waals surface area contributed by atoms with E-state index in [-0.39, 0.29) is 12.0 Å². The van der Waals surface area contributed by atoms with E-state index in [1.165, 1.54) is 0 Å². The Morgan fingerprint density at radius 1 is 1.73 bits per heavy atom. The molecule has 0 spiro atoms. The number of nitrogen functional groups attached to an aromatic ring is 1. The number of nitrogens with zero attached hydrogens (tertiary/aromatic N) is 2. The van der Waals surface area contributed by atoms with Gasteiger partial charge in [-0.05, 0) is 6.42 Å². The summed E-state index contributed by atoms with van der Waals surface area (Å²) in [4.78, 5) is 0. The molecule has 0 saturated carbocycles. The molecule has 5 heteroatoms. The molecule has 0 aromatic carbocycles. The average Bonchev–Trinajstić information content (AvgIpc) is 2.76. The lowest BCUT2D eigenvalue weighted by molar-refractivity contribution is 0.179. The van der Waals surface area contributed by atoms with Gasteiger partial charge in [-0.2, -0.15) is 5.10 Å². The number of nitrogens with two attached hydrogens (primary N) is 1. The Bertz CT molecular complexity index is 342. The van der Waals surface area contributed by atoms with Crippen molar-refractivity contribution >= 4 is 5.82 Å². The van der Waals surface area contributed by atoms with Gasteiger partial charge in [0.2, 0.25) is 0 Å². The molecule has 5 nitrogen and oxygen atoms in total. The molecule has 1 aliphatic rings. The molecular formula is C10H17N3O2. The summed E-state index contributed by atoms with van der Waals surface area (Å²) >= 11 is 0. The Kier molecular flexibility index (Phi) is 2.67. The molecule has 0 amide bonds. The van der Waals surface area contributed by atoms with Crippen LogP contribution in [0, 0.1) is 0 Å². The van der Waals surface area contributed by atoms with Crippen molar-refractivity contribution in [2.75, 3.05) is 25.6 Å². The molecule has 0 bridgehead atoms. The SMILES string of the molecule is CC1(c2cc(N)n(CCO)n2)CCOC1. The van der Waals surface area contributed by atoms with E-state index in [0.29, 0.717) is 19.0 Å². The molecule has 1 unspecified atom stereocenters. The third kappa shape index (κ3) is 1.85. The number of hydrogen-bond donors (Lipinski definition) is 2. The Labute approximate surface area is 88.8 Å². The fourth-order valence-electron chi connectivity index (χ4n) is 1.87. The van der Waals surface area contributed by atoms with Crippen molar-refractivity contribution in [3.8, 4) is 0 Å². The first-order chi connectivity index (χ1) is 7.15. The van der Waals surface area contributed by atoms with E-state index in [1.807, 2.05) is 6.07 Å². The van der Waals surface area contributed by atoms with Crippen LogP contribution in [0.5, 0.6) is 0 Å². The van der Waals surface area contributed by atoms with Gasteiger partial charge in [0.05, 0.1) is 25.5 Å². The van der Waals surface area contributed by atoms with E-state index in [0.717, 1.165) is 18.7 Å². The molecule has 0 aliphatic carbocycles. The number of aliphatic hydroxyl groups is 1. The van der Waals surface area contributed by atoms with Crippen molar-refractivity contribution in [1.82, 2.24) is 9.78 Å². The van der Waals surface area contributed by atoms with Gasteiger partial charge in [0.15, 0.2) is 0 Å². The molecule has 2 heterocycles. The van der Waals surface area contributed by atoms with Gasteiger partial charge in [-0.3, -0.25) is 0 Å². The quantitative estimate of drug-likeness (QED) is 0.745. The number of ether oxygens (including phenoxy) is 1. The lowest BCUT2D eigenvalue weighted by atomic mass is 9.86. The largest absolute Gasteiger partial charge is 0.394 e. The molecule has 1 fully saturated rings. The normalized spacial score (nSPS) is 26.0. The second-order valence-corrected chi connectivity index (χ2v) is 4.26. The molecule has 84 valence electrons. The minimum atomic E-state index is -0.0190. The van der Waals surface area contributed by atoms with Crippen LogP contribution in [0.25, 0.3) is 0 Å². The lowest BCUT2D eigenvalue weighted by Crippen LogP contribution is -2.22. The summed E-state index contributed by atoms with van der Waals surface area (Å²) in [6.07, 6.45) is 0.975. The highest BCUT2D eigenvalue weighted by Crippen LogP contribution is 2.32. The van der Waals surface area contributed by atoms with Gasteiger partial charge < -0.3 is 15.6 Å². The fourth-order valence-corrected chi connectivity index (χ4v) is 1.87. The Morgan fingerprint density at radius 2 is 2.53 bits per heavy atom. The van der Waals surface area contributed by atoms with Crippen LogP contribution in [-0.4, -0.2) is 34.7 Å². The monoisotopic (exact) mass is 211 g/mol. The Hall–Kier alpha value is -1.07. The van der Waals surface area contributed by atoms with Crippen LogP contribution < -0.4 is 5.73 Å². The van der Waals surface area contributed by atoms with E-state index in [1.54, 1.807) is 4.68 Å². The van der Waals surface area contributed by atoms with Crippen molar-refractivity contribution in [3.63, 3.8) is 0 Å². The topological polar surface area (TPSA) is 73.3 Å². The lowest BCUT2D eigenvalue weighted by Gasteiger charge is -2.18. The zero-order valence-electron chi connectivity index (χ0n) is 8.94. The van der Waals surface area contributed by atoms with Crippen molar-refractivity contribution in [3.05, 3.63) is 11.8 Å². The predicted octanol–water partition coefficient (Wildman–Crippen LogP) is 0.136. The van der Waals surface area contributed by atoms with Gasteiger partial charge in [0.1, 0.15) is 5.82 Å². The van der Waals surface area contributed by atoms with E-state index in [4.69, 9.17) is 15.6 Å². The van der Waals surface area contributed by atoms with Crippen LogP contribution in [0.1, 0.15) is 19.0 Å². The molecule has 1 atom stereocenters. The molecule has 3 N–H and O–H groups in total. The summed E-state index contributed by atoms with van der Waals surface area (Å²) in [6.45, 7) is 4.11. The van der Waals surface area contributed by atoms with Gasteiger partial charge in [-0.1, -0.05) is 6.92 Å². The first kappa shape index (κ1) is 10.4. The summed E-state index contributed by atoms with van der Waals surface area (Å²) in [7, 11) is 0. The zero-order chi connectivity index (χ0) is 10.9. The minimum absolute atomic E-state index is 0.0190. The molecule has 15 heavy (non-hydrogen) atoms. The summed E-state index contributed by atoms with van der Waals surface area (Å²) in [5.41, 5.74) is 6.75. The first-order valence-electron chi connectivity index (χ1n) is 5.18. The van der Waals surface area contributed by atoms with Crippen molar-refractivity contribution in [2.45, 2.75) is 25.3 Å². The predicted molar refractivity (Wildman–Crippen MR) is 56.5 cm³/mol. The Balaban J connectivity index is 2.25. The van der Waals surface area contributed by atoms with Gasteiger partial charge in [0.25, 0.3) is 0 Å². The number of aromatic nitrogens is 2. The maximum atomic E-state index is 8.84. The highest BCUT2D eigenvalue weighted by Gasteiger charge is 2.34. The van der Waals surface area contributed by atoms with E-state index < -0.39 is 0 Å². The summed E-state index contributed by atoms with van der Waals surface area (Å²) in [5, 5.41) is 13.2. The van der Waals surface area contributed by atoms with Crippen LogP contribution in [0.4, 0.5) is 5.82 Å². The fraction of sp³-hybridized carbons (Fsp3) is 0.700. The number of anilines is 1. The maximum Gasteiger partial charge on any atom is 0.122 e. The smallest absolute Gasteiger partial charge is 0.122 e.